The van der Waals surface area contributed by atoms with Crippen molar-refractivity contribution in [3.05, 3.63) is 29.3 Å². The van der Waals surface area contributed by atoms with Crippen LogP contribution in [-0.2, 0) is 6.42 Å². The Labute approximate surface area is 91.6 Å². The van der Waals surface area contributed by atoms with Gasteiger partial charge in [-0.1, -0.05) is 13.0 Å². The highest BCUT2D eigenvalue weighted by Crippen LogP contribution is 2.27. The Balaban J connectivity index is 2.28. The number of ether oxygens (including phenoxy) is 1. The Kier molecular flexibility index (Phi) is 3.27. The number of methoxy groups -OCH3 is 1. The molecule has 1 aliphatic heterocycles. The van der Waals surface area contributed by atoms with E-state index in [2.05, 4.69) is 30.4 Å². The van der Waals surface area contributed by atoms with Gasteiger partial charge in [0, 0.05) is 6.54 Å². The average Bonchev–Trinajstić information content (AvgIpc) is 2.81. The van der Waals surface area contributed by atoms with Crippen molar-refractivity contribution in [1.82, 2.24) is 5.32 Å². The summed E-state index contributed by atoms with van der Waals surface area (Å²) in [4.78, 5) is 0. The lowest BCUT2D eigenvalue weighted by Gasteiger charge is -2.12. The summed E-state index contributed by atoms with van der Waals surface area (Å²) in [6.07, 6.45) is 2.32. The molecule has 1 saturated heterocycles. The summed E-state index contributed by atoms with van der Waals surface area (Å²) in [7, 11) is 1.74. The summed E-state index contributed by atoms with van der Waals surface area (Å²) in [6.45, 7) is 4.44. The van der Waals surface area contributed by atoms with Crippen LogP contribution in [0.2, 0.25) is 0 Å². The van der Waals surface area contributed by atoms with E-state index >= 15 is 0 Å². The smallest absolute Gasteiger partial charge is 0.119 e. The van der Waals surface area contributed by atoms with E-state index in [1.807, 2.05) is 0 Å². The van der Waals surface area contributed by atoms with Crippen LogP contribution in [0.15, 0.2) is 18.2 Å². The summed E-state index contributed by atoms with van der Waals surface area (Å²) in [5.41, 5.74) is 2.80. The number of rotatable bonds is 3. The summed E-state index contributed by atoms with van der Waals surface area (Å²) in [5.74, 6) is 1.67. The lowest BCUT2D eigenvalue weighted by atomic mass is 9.95. The Bertz CT molecular complexity index is 307. The van der Waals surface area contributed by atoms with Gasteiger partial charge < -0.3 is 10.1 Å². The van der Waals surface area contributed by atoms with Crippen LogP contribution in [0.25, 0.3) is 0 Å². The maximum atomic E-state index is 5.34. The molecule has 0 amide bonds. The third-order valence-corrected chi connectivity index (χ3v) is 3.16. The van der Waals surface area contributed by atoms with E-state index < -0.39 is 0 Å². The highest BCUT2D eigenvalue weighted by molar-refractivity contribution is 5.37. The fourth-order valence-electron chi connectivity index (χ4n) is 2.18. The van der Waals surface area contributed by atoms with E-state index in [9.17, 15) is 0 Å². The van der Waals surface area contributed by atoms with Gasteiger partial charge in [-0.05, 0) is 48.6 Å². The summed E-state index contributed by atoms with van der Waals surface area (Å²) in [5, 5.41) is 3.40. The monoisotopic (exact) mass is 205 g/mol. The molecule has 1 aromatic carbocycles. The van der Waals surface area contributed by atoms with Crippen molar-refractivity contribution >= 4 is 0 Å². The van der Waals surface area contributed by atoms with Crippen molar-refractivity contribution in [2.45, 2.75) is 25.7 Å². The van der Waals surface area contributed by atoms with Gasteiger partial charge in [-0.3, -0.25) is 0 Å². The fourth-order valence-corrected chi connectivity index (χ4v) is 2.18. The van der Waals surface area contributed by atoms with Crippen molar-refractivity contribution in [1.29, 1.82) is 0 Å². The molecule has 1 unspecified atom stereocenters. The van der Waals surface area contributed by atoms with Crippen LogP contribution >= 0.6 is 0 Å². The van der Waals surface area contributed by atoms with E-state index in [1.165, 1.54) is 17.5 Å². The zero-order valence-electron chi connectivity index (χ0n) is 9.55. The Morgan fingerprint density at radius 3 is 2.87 bits per heavy atom. The zero-order chi connectivity index (χ0) is 10.7. The van der Waals surface area contributed by atoms with Crippen LogP contribution in [0.4, 0.5) is 0 Å². The molecule has 0 radical (unpaired) electrons. The maximum absolute atomic E-state index is 5.34. The van der Waals surface area contributed by atoms with Crippen LogP contribution in [0, 0.1) is 0 Å². The van der Waals surface area contributed by atoms with Gasteiger partial charge in [-0.15, -0.1) is 0 Å². The first kappa shape index (κ1) is 10.5. The molecule has 1 fully saturated rings. The van der Waals surface area contributed by atoms with Crippen LogP contribution in [-0.4, -0.2) is 20.2 Å². The molecule has 2 rings (SSSR count). The van der Waals surface area contributed by atoms with E-state index in [0.29, 0.717) is 5.92 Å². The van der Waals surface area contributed by atoms with Crippen molar-refractivity contribution in [3.63, 3.8) is 0 Å². The van der Waals surface area contributed by atoms with Crippen LogP contribution in [0.3, 0.4) is 0 Å². The standard InChI is InChI=1S/C13H19NO/c1-3-10-6-12(8-13(7-10)15-2)11-4-5-14-9-11/h6-8,11,14H,3-5,9H2,1-2H3. The summed E-state index contributed by atoms with van der Waals surface area (Å²) in [6, 6.07) is 6.63. The first-order chi connectivity index (χ1) is 7.33. The molecule has 0 saturated carbocycles. The highest BCUT2D eigenvalue weighted by atomic mass is 16.5. The maximum Gasteiger partial charge on any atom is 0.119 e. The molecule has 15 heavy (non-hydrogen) atoms. The third kappa shape index (κ3) is 2.32. The highest BCUT2D eigenvalue weighted by Gasteiger charge is 2.17. The normalized spacial score (nSPS) is 20.5. The largest absolute Gasteiger partial charge is 0.497 e. The molecule has 0 spiro atoms. The second-order valence-corrected chi connectivity index (χ2v) is 4.16. The predicted molar refractivity (Wildman–Crippen MR) is 62.6 cm³/mol. The zero-order valence-corrected chi connectivity index (χ0v) is 9.55. The van der Waals surface area contributed by atoms with Crippen LogP contribution in [0.5, 0.6) is 5.75 Å². The van der Waals surface area contributed by atoms with Gasteiger partial charge in [0.2, 0.25) is 0 Å². The quantitative estimate of drug-likeness (QED) is 0.817. The van der Waals surface area contributed by atoms with Crippen molar-refractivity contribution < 1.29 is 4.74 Å². The molecule has 1 N–H and O–H groups in total. The minimum absolute atomic E-state index is 0.672. The summed E-state index contributed by atoms with van der Waals surface area (Å²) >= 11 is 0. The Morgan fingerprint density at radius 1 is 1.40 bits per heavy atom. The molecule has 0 aliphatic carbocycles. The number of benzene rings is 1. The molecule has 0 bridgehead atoms. The lowest BCUT2D eigenvalue weighted by molar-refractivity contribution is 0.413. The second kappa shape index (κ2) is 4.67. The summed E-state index contributed by atoms with van der Waals surface area (Å²) < 4.78 is 5.34. The molecule has 2 heteroatoms. The minimum Gasteiger partial charge on any atom is -0.497 e. The number of nitrogens with one attached hydrogen (secondary N) is 1. The minimum atomic E-state index is 0.672. The first-order valence-electron chi connectivity index (χ1n) is 5.72. The predicted octanol–water partition coefficient (Wildman–Crippen LogP) is 2.33. The van der Waals surface area contributed by atoms with Crippen molar-refractivity contribution in [2.24, 2.45) is 0 Å². The average molecular weight is 205 g/mol. The van der Waals surface area contributed by atoms with Crippen LogP contribution < -0.4 is 10.1 Å². The van der Waals surface area contributed by atoms with Crippen molar-refractivity contribution in [3.8, 4) is 5.75 Å². The molecule has 1 heterocycles. The van der Waals surface area contributed by atoms with E-state index in [1.54, 1.807) is 7.11 Å². The number of hydrogen-bond donors (Lipinski definition) is 1. The van der Waals surface area contributed by atoms with Gasteiger partial charge >= 0.3 is 0 Å². The van der Waals surface area contributed by atoms with Gasteiger partial charge in [0.15, 0.2) is 0 Å². The number of hydrogen-bond acceptors (Lipinski definition) is 2. The van der Waals surface area contributed by atoms with Crippen molar-refractivity contribution in [2.75, 3.05) is 20.2 Å². The number of aryl methyl sites for hydroxylation is 1. The SMILES string of the molecule is CCc1cc(OC)cc(C2CCNC2)c1. The van der Waals surface area contributed by atoms with E-state index in [0.717, 1.165) is 25.3 Å². The van der Waals surface area contributed by atoms with Gasteiger partial charge in [-0.2, -0.15) is 0 Å². The Morgan fingerprint density at radius 2 is 2.27 bits per heavy atom. The third-order valence-electron chi connectivity index (χ3n) is 3.16. The van der Waals surface area contributed by atoms with E-state index in [-0.39, 0.29) is 0 Å². The lowest BCUT2D eigenvalue weighted by Crippen LogP contribution is -2.08. The fraction of sp³-hybridized carbons (Fsp3) is 0.538. The molecule has 2 nitrogen and oxygen atoms in total. The van der Waals surface area contributed by atoms with Gasteiger partial charge in [0.25, 0.3) is 0 Å². The van der Waals surface area contributed by atoms with Gasteiger partial charge in [-0.25, -0.2) is 0 Å². The second-order valence-electron chi connectivity index (χ2n) is 4.16. The molecule has 1 aromatic rings. The molecule has 82 valence electrons. The Hall–Kier alpha value is -1.02. The molecule has 0 aromatic heterocycles. The molecule has 1 atom stereocenters. The molecular weight excluding hydrogens is 186 g/mol. The van der Waals surface area contributed by atoms with Gasteiger partial charge in [0.1, 0.15) is 5.75 Å². The van der Waals surface area contributed by atoms with E-state index in [4.69, 9.17) is 4.74 Å². The first-order valence-corrected chi connectivity index (χ1v) is 5.72. The molecule has 1 aliphatic rings. The molecular formula is C13H19NO. The van der Waals surface area contributed by atoms with Gasteiger partial charge in [0.05, 0.1) is 7.11 Å². The van der Waals surface area contributed by atoms with Crippen LogP contribution in [0.1, 0.15) is 30.4 Å². The topological polar surface area (TPSA) is 21.3 Å².